The van der Waals surface area contributed by atoms with Crippen LogP contribution in [0.15, 0.2) is 59.3 Å². The molecule has 1 aliphatic heterocycles. The third kappa shape index (κ3) is 12.6. The Labute approximate surface area is 207 Å². The van der Waals surface area contributed by atoms with Gasteiger partial charge in [0.15, 0.2) is 0 Å². The Morgan fingerprint density at radius 1 is 0.818 bits per heavy atom. The number of ether oxygens (including phenoxy) is 1. The molecule has 0 aromatic rings. The zero-order valence-electron chi connectivity index (χ0n) is 23.4. The van der Waals surface area contributed by atoms with Crippen molar-refractivity contribution in [2.75, 3.05) is 0 Å². The third-order valence-electron chi connectivity index (χ3n) is 7.59. The molecule has 1 saturated heterocycles. The maximum Gasteiger partial charge on any atom is 0.0920 e. The molecule has 188 valence electrons. The monoisotopic (exact) mass is 454 g/mol. The topological polar surface area (TPSA) is 12.5 Å². The van der Waals surface area contributed by atoms with Crippen molar-refractivity contribution in [3.63, 3.8) is 0 Å². The molecular weight excluding hydrogens is 400 g/mol. The van der Waals surface area contributed by atoms with Crippen molar-refractivity contribution < 1.29 is 4.74 Å². The van der Waals surface area contributed by atoms with Crippen molar-refractivity contribution in [1.82, 2.24) is 0 Å². The molecule has 1 aliphatic rings. The summed E-state index contributed by atoms with van der Waals surface area (Å²) in [4.78, 5) is 0. The lowest BCUT2D eigenvalue weighted by atomic mass is 9.88. The lowest BCUT2D eigenvalue weighted by Crippen LogP contribution is -2.12. The van der Waals surface area contributed by atoms with Crippen LogP contribution in [-0.4, -0.2) is 11.7 Å². The summed E-state index contributed by atoms with van der Waals surface area (Å²) in [7, 11) is 0. The normalized spacial score (nSPS) is 22.6. The van der Waals surface area contributed by atoms with Crippen LogP contribution in [0.25, 0.3) is 0 Å². The van der Waals surface area contributed by atoms with Gasteiger partial charge in [-0.2, -0.15) is 0 Å². The molecule has 0 aromatic carbocycles. The van der Waals surface area contributed by atoms with Crippen LogP contribution in [0, 0.1) is 11.8 Å². The van der Waals surface area contributed by atoms with Crippen LogP contribution in [0.3, 0.4) is 0 Å². The van der Waals surface area contributed by atoms with Crippen LogP contribution in [-0.2, 0) is 4.74 Å². The smallest absolute Gasteiger partial charge is 0.0920 e. The minimum atomic E-state index is 0.0942. The minimum Gasteiger partial charge on any atom is -0.366 e. The molecule has 0 bridgehead atoms. The van der Waals surface area contributed by atoms with Gasteiger partial charge >= 0.3 is 0 Å². The maximum absolute atomic E-state index is 6.12. The van der Waals surface area contributed by atoms with Crippen molar-refractivity contribution in [2.24, 2.45) is 11.8 Å². The molecule has 4 atom stereocenters. The molecule has 1 heteroatoms. The lowest BCUT2D eigenvalue weighted by molar-refractivity contribution is 0.283. The highest BCUT2D eigenvalue weighted by atomic mass is 16.6. The minimum absolute atomic E-state index is 0.0942. The zero-order chi connectivity index (χ0) is 25.0. The first-order chi connectivity index (χ1) is 15.4. The van der Waals surface area contributed by atoms with Gasteiger partial charge < -0.3 is 4.74 Å². The largest absolute Gasteiger partial charge is 0.366 e. The van der Waals surface area contributed by atoms with Crippen molar-refractivity contribution in [3.8, 4) is 0 Å². The van der Waals surface area contributed by atoms with Crippen molar-refractivity contribution in [3.05, 3.63) is 59.3 Å². The molecule has 33 heavy (non-hydrogen) atoms. The summed E-state index contributed by atoms with van der Waals surface area (Å²) < 4.78 is 6.12. The van der Waals surface area contributed by atoms with Gasteiger partial charge in [0.2, 0.25) is 0 Å². The number of hydrogen-bond donors (Lipinski definition) is 0. The molecule has 1 fully saturated rings. The number of allylic oxidation sites excluding steroid dienone is 8. The first-order valence-corrected chi connectivity index (χ1v) is 13.4. The fourth-order valence-electron chi connectivity index (χ4n) is 4.30. The van der Waals surface area contributed by atoms with Crippen molar-refractivity contribution in [2.45, 2.75) is 131 Å². The highest BCUT2D eigenvalue weighted by molar-refractivity contribution is 5.08. The molecule has 0 radical (unpaired) electrons. The Balaban J connectivity index is 2.24. The standard InChI is InChI=1S/C32H54O/c1-24(2)14-11-18-29(8)30(9)22-23-32(10)31(33-32)19-13-17-26(5)15-12-16-27(6)20-21-28(7)25(3)4/h14,16-17,28,30-31H,3,8,11-13,15,18-23H2,1-2,4-7,9-10H3/b26-17+,27-16+. The van der Waals surface area contributed by atoms with E-state index in [9.17, 15) is 0 Å². The molecule has 1 heterocycles. The van der Waals surface area contributed by atoms with E-state index in [0.29, 0.717) is 17.9 Å². The van der Waals surface area contributed by atoms with Gasteiger partial charge in [-0.05, 0) is 118 Å². The molecule has 0 aromatic heterocycles. The van der Waals surface area contributed by atoms with Crippen molar-refractivity contribution >= 4 is 0 Å². The molecule has 4 unspecified atom stereocenters. The molecule has 0 N–H and O–H groups in total. The summed E-state index contributed by atoms with van der Waals surface area (Å²) >= 11 is 0. The fourth-order valence-corrected chi connectivity index (χ4v) is 4.30. The van der Waals surface area contributed by atoms with E-state index < -0.39 is 0 Å². The van der Waals surface area contributed by atoms with Gasteiger partial charge in [0.25, 0.3) is 0 Å². The Bertz CT molecular complexity index is 715. The highest BCUT2D eigenvalue weighted by Crippen LogP contribution is 2.44. The molecule has 1 nitrogen and oxygen atoms in total. The van der Waals surface area contributed by atoms with E-state index in [2.05, 4.69) is 86.8 Å². The van der Waals surface area contributed by atoms with E-state index in [4.69, 9.17) is 4.74 Å². The summed E-state index contributed by atoms with van der Waals surface area (Å²) in [6, 6.07) is 0. The van der Waals surface area contributed by atoms with E-state index in [1.54, 1.807) is 0 Å². The molecule has 0 spiro atoms. The van der Waals surface area contributed by atoms with Gasteiger partial charge in [-0.25, -0.2) is 0 Å². The SMILES string of the molecule is C=C(C)C(C)CC/C(C)=C/CC/C(C)=C/CCC1OC1(C)CCC(C)C(=C)CCC=C(C)C. The van der Waals surface area contributed by atoms with Crippen LogP contribution in [0.4, 0.5) is 0 Å². The van der Waals surface area contributed by atoms with Crippen LogP contribution in [0.2, 0.25) is 0 Å². The summed E-state index contributed by atoms with van der Waals surface area (Å²) in [6.45, 7) is 26.3. The van der Waals surface area contributed by atoms with Crippen LogP contribution in [0.1, 0.15) is 120 Å². The molecule has 1 rings (SSSR count). The molecule has 0 saturated carbocycles. The predicted octanol–water partition coefficient (Wildman–Crippen LogP) is 10.3. The summed E-state index contributed by atoms with van der Waals surface area (Å²) in [5, 5.41) is 0. The second-order valence-electron chi connectivity index (χ2n) is 11.3. The quantitative estimate of drug-likeness (QED) is 0.157. The summed E-state index contributed by atoms with van der Waals surface area (Å²) in [6.07, 6.45) is 19.2. The van der Waals surface area contributed by atoms with E-state index in [1.807, 2.05) is 0 Å². The van der Waals surface area contributed by atoms with E-state index in [0.717, 1.165) is 38.5 Å². The molecule has 0 amide bonds. The summed E-state index contributed by atoms with van der Waals surface area (Å²) in [5.74, 6) is 1.21. The Morgan fingerprint density at radius 3 is 2.06 bits per heavy atom. The van der Waals surface area contributed by atoms with E-state index >= 15 is 0 Å². The Kier molecular flexibility index (Phi) is 13.3. The van der Waals surface area contributed by atoms with E-state index in [1.165, 1.54) is 53.5 Å². The maximum atomic E-state index is 6.12. The average Bonchev–Trinajstić information content (AvgIpc) is 3.39. The molecular formula is C32H54O. The average molecular weight is 455 g/mol. The van der Waals surface area contributed by atoms with Crippen LogP contribution in [0.5, 0.6) is 0 Å². The Hall–Kier alpha value is -1.34. The highest BCUT2D eigenvalue weighted by Gasteiger charge is 2.50. The number of epoxide rings is 1. The first-order valence-electron chi connectivity index (χ1n) is 13.4. The van der Waals surface area contributed by atoms with Crippen molar-refractivity contribution in [1.29, 1.82) is 0 Å². The first kappa shape index (κ1) is 29.7. The second-order valence-corrected chi connectivity index (χ2v) is 11.3. The van der Waals surface area contributed by atoms with Gasteiger partial charge in [0.05, 0.1) is 11.7 Å². The fraction of sp³-hybridized carbons (Fsp3) is 0.688. The van der Waals surface area contributed by atoms with Gasteiger partial charge in [-0.15, -0.1) is 0 Å². The predicted molar refractivity (Wildman–Crippen MR) is 149 cm³/mol. The second kappa shape index (κ2) is 14.8. The zero-order valence-corrected chi connectivity index (χ0v) is 23.4. The van der Waals surface area contributed by atoms with Gasteiger partial charge in [0.1, 0.15) is 0 Å². The van der Waals surface area contributed by atoms with Gasteiger partial charge in [-0.3, -0.25) is 0 Å². The molecule has 0 aliphatic carbocycles. The lowest BCUT2D eigenvalue weighted by Gasteiger charge is -2.16. The number of rotatable bonds is 17. The van der Waals surface area contributed by atoms with Crippen LogP contribution < -0.4 is 0 Å². The third-order valence-corrected chi connectivity index (χ3v) is 7.59. The van der Waals surface area contributed by atoms with Gasteiger partial charge in [-0.1, -0.05) is 73.1 Å². The Morgan fingerprint density at radius 2 is 1.42 bits per heavy atom. The number of hydrogen-bond acceptors (Lipinski definition) is 1. The van der Waals surface area contributed by atoms with Gasteiger partial charge in [0, 0.05) is 0 Å². The van der Waals surface area contributed by atoms with E-state index in [-0.39, 0.29) is 5.60 Å². The van der Waals surface area contributed by atoms with Crippen LogP contribution >= 0.6 is 0 Å². The summed E-state index contributed by atoms with van der Waals surface area (Å²) in [5.41, 5.74) is 7.22.